The summed E-state index contributed by atoms with van der Waals surface area (Å²) >= 11 is 1.14. The highest BCUT2D eigenvalue weighted by Crippen LogP contribution is 2.26. The highest BCUT2D eigenvalue weighted by atomic mass is 32.1. The standard InChI is InChI=1S/C23H30N2O3S/c1-4-5-13-28-17-11-9-16(10-12-17)14-23(2,3)24-15-20(26)18-7-6-8-19-21(18)29-22(27)25-19/h6-12,20,24,26H,4-5,13-15H2,1-3H3,(H,25,27). The number of rotatable bonds is 10. The summed E-state index contributed by atoms with van der Waals surface area (Å²) in [6, 6.07) is 13.8. The first-order valence-electron chi connectivity index (χ1n) is 10.1. The van der Waals surface area contributed by atoms with Crippen LogP contribution in [0.2, 0.25) is 0 Å². The summed E-state index contributed by atoms with van der Waals surface area (Å²) < 4.78 is 6.55. The van der Waals surface area contributed by atoms with Crippen molar-refractivity contribution in [2.45, 2.75) is 51.7 Å². The molecule has 1 aromatic heterocycles. The van der Waals surface area contributed by atoms with Crippen LogP contribution in [0.4, 0.5) is 0 Å². The summed E-state index contributed by atoms with van der Waals surface area (Å²) in [5.41, 5.74) is 2.58. The van der Waals surface area contributed by atoms with E-state index in [0.29, 0.717) is 6.54 Å². The van der Waals surface area contributed by atoms with Gasteiger partial charge in [-0.15, -0.1) is 0 Å². The lowest BCUT2D eigenvalue weighted by molar-refractivity contribution is 0.162. The highest BCUT2D eigenvalue weighted by Gasteiger charge is 2.21. The average Bonchev–Trinajstić information content (AvgIpc) is 3.07. The molecule has 1 unspecified atom stereocenters. The molecule has 0 radical (unpaired) electrons. The fourth-order valence-electron chi connectivity index (χ4n) is 3.35. The van der Waals surface area contributed by atoms with Crippen molar-refractivity contribution in [2.24, 2.45) is 0 Å². The van der Waals surface area contributed by atoms with E-state index in [1.165, 1.54) is 5.56 Å². The van der Waals surface area contributed by atoms with Crippen LogP contribution in [0.5, 0.6) is 5.75 Å². The number of unbranched alkanes of at least 4 members (excludes halogenated alkanes) is 1. The number of aliphatic hydroxyl groups excluding tert-OH is 1. The number of hydrogen-bond donors (Lipinski definition) is 3. The van der Waals surface area contributed by atoms with Crippen LogP contribution in [-0.4, -0.2) is 28.8 Å². The molecular weight excluding hydrogens is 384 g/mol. The predicted octanol–water partition coefficient (Wildman–Crippen LogP) is 4.41. The molecule has 6 heteroatoms. The number of fused-ring (bicyclic) bond motifs is 1. The molecule has 0 amide bonds. The van der Waals surface area contributed by atoms with Crippen molar-refractivity contribution in [1.82, 2.24) is 10.3 Å². The summed E-state index contributed by atoms with van der Waals surface area (Å²) in [7, 11) is 0. The molecule has 5 nitrogen and oxygen atoms in total. The molecule has 1 heterocycles. The van der Waals surface area contributed by atoms with E-state index in [1.54, 1.807) is 0 Å². The van der Waals surface area contributed by atoms with Crippen LogP contribution < -0.4 is 14.9 Å². The van der Waals surface area contributed by atoms with E-state index < -0.39 is 6.10 Å². The first-order valence-corrected chi connectivity index (χ1v) is 11.0. The van der Waals surface area contributed by atoms with Crippen LogP contribution in [0.15, 0.2) is 47.3 Å². The van der Waals surface area contributed by atoms with Gasteiger partial charge >= 0.3 is 4.87 Å². The van der Waals surface area contributed by atoms with E-state index in [1.807, 2.05) is 30.3 Å². The maximum absolute atomic E-state index is 11.6. The quantitative estimate of drug-likeness (QED) is 0.430. The lowest BCUT2D eigenvalue weighted by Gasteiger charge is -2.28. The van der Waals surface area contributed by atoms with Gasteiger partial charge in [0.1, 0.15) is 5.75 Å². The van der Waals surface area contributed by atoms with E-state index in [0.717, 1.165) is 58.7 Å². The SMILES string of the molecule is CCCCOc1ccc(CC(C)(C)NCC(O)c2cccc3[nH]c(=O)sc23)cc1. The smallest absolute Gasteiger partial charge is 0.305 e. The Morgan fingerprint density at radius 2 is 1.97 bits per heavy atom. The van der Waals surface area contributed by atoms with Crippen LogP contribution in [0.25, 0.3) is 10.2 Å². The number of ether oxygens (including phenoxy) is 1. The van der Waals surface area contributed by atoms with Crippen LogP contribution in [0.1, 0.15) is 50.8 Å². The van der Waals surface area contributed by atoms with Gasteiger partial charge in [-0.1, -0.05) is 48.9 Å². The molecule has 0 bridgehead atoms. The van der Waals surface area contributed by atoms with Crippen molar-refractivity contribution in [3.8, 4) is 5.75 Å². The molecule has 29 heavy (non-hydrogen) atoms. The Morgan fingerprint density at radius 1 is 1.21 bits per heavy atom. The lowest BCUT2D eigenvalue weighted by atomic mass is 9.94. The maximum Gasteiger partial charge on any atom is 0.305 e. The van der Waals surface area contributed by atoms with Gasteiger partial charge in [0.2, 0.25) is 0 Å². The molecule has 0 aliphatic carbocycles. The monoisotopic (exact) mass is 414 g/mol. The second-order valence-electron chi connectivity index (χ2n) is 8.04. The molecule has 0 aliphatic rings. The fraction of sp³-hybridized carbons (Fsp3) is 0.435. The first kappa shape index (κ1) is 21.6. The van der Waals surface area contributed by atoms with Gasteiger partial charge < -0.3 is 20.1 Å². The number of aromatic nitrogens is 1. The Labute approximate surface area is 175 Å². The number of β-amino-alcohol motifs (C(OH)–C–C–N with tert-alkyl or cyclic N) is 1. The second kappa shape index (κ2) is 9.57. The number of nitrogens with one attached hydrogen (secondary N) is 2. The third kappa shape index (κ3) is 5.92. The van der Waals surface area contributed by atoms with Gasteiger partial charge in [0.05, 0.1) is 22.9 Å². The van der Waals surface area contributed by atoms with Crippen LogP contribution in [-0.2, 0) is 6.42 Å². The van der Waals surface area contributed by atoms with Gasteiger partial charge in [0.15, 0.2) is 0 Å². The molecule has 2 aromatic carbocycles. The van der Waals surface area contributed by atoms with E-state index >= 15 is 0 Å². The fourth-order valence-corrected chi connectivity index (χ4v) is 4.25. The van der Waals surface area contributed by atoms with E-state index in [4.69, 9.17) is 4.74 Å². The Bertz CT molecular complexity index is 976. The molecule has 0 saturated carbocycles. The minimum atomic E-state index is -0.682. The minimum absolute atomic E-state index is 0.102. The molecule has 3 rings (SSSR count). The van der Waals surface area contributed by atoms with Gasteiger partial charge in [-0.05, 0) is 50.5 Å². The molecule has 1 atom stereocenters. The van der Waals surface area contributed by atoms with Crippen LogP contribution in [0, 0.1) is 0 Å². The van der Waals surface area contributed by atoms with Crippen molar-refractivity contribution in [1.29, 1.82) is 0 Å². The van der Waals surface area contributed by atoms with Crippen molar-refractivity contribution >= 4 is 21.6 Å². The Kier molecular flexibility index (Phi) is 7.11. The van der Waals surface area contributed by atoms with Crippen molar-refractivity contribution in [3.63, 3.8) is 0 Å². The summed E-state index contributed by atoms with van der Waals surface area (Å²) in [6.45, 7) is 7.57. The molecule has 0 fully saturated rings. The number of thiazole rings is 1. The Morgan fingerprint density at radius 3 is 2.69 bits per heavy atom. The van der Waals surface area contributed by atoms with Gasteiger partial charge in [-0.3, -0.25) is 4.79 Å². The van der Waals surface area contributed by atoms with Gasteiger partial charge in [-0.2, -0.15) is 0 Å². The zero-order valence-corrected chi connectivity index (χ0v) is 18.1. The van der Waals surface area contributed by atoms with E-state index in [9.17, 15) is 9.90 Å². The van der Waals surface area contributed by atoms with Crippen LogP contribution >= 0.6 is 11.3 Å². The average molecular weight is 415 g/mol. The van der Waals surface area contributed by atoms with Crippen molar-refractivity contribution in [3.05, 3.63) is 63.3 Å². The Hall–Kier alpha value is -2.15. The topological polar surface area (TPSA) is 74.3 Å². The Balaban J connectivity index is 1.58. The summed E-state index contributed by atoms with van der Waals surface area (Å²) in [5.74, 6) is 0.905. The third-order valence-corrected chi connectivity index (χ3v) is 5.89. The summed E-state index contributed by atoms with van der Waals surface area (Å²) in [6.07, 6.45) is 2.34. The van der Waals surface area contributed by atoms with E-state index in [-0.39, 0.29) is 10.4 Å². The number of hydrogen-bond acceptors (Lipinski definition) is 5. The molecule has 0 aliphatic heterocycles. The number of benzene rings is 2. The second-order valence-corrected chi connectivity index (χ2v) is 9.02. The first-order chi connectivity index (χ1) is 13.9. The number of aliphatic hydroxyl groups is 1. The zero-order valence-electron chi connectivity index (χ0n) is 17.3. The molecule has 0 saturated heterocycles. The maximum atomic E-state index is 11.6. The van der Waals surface area contributed by atoms with Gasteiger partial charge in [0.25, 0.3) is 0 Å². The molecule has 156 valence electrons. The van der Waals surface area contributed by atoms with Crippen molar-refractivity contribution < 1.29 is 9.84 Å². The molecule has 0 spiro atoms. The molecule has 3 N–H and O–H groups in total. The van der Waals surface area contributed by atoms with Crippen LogP contribution in [0.3, 0.4) is 0 Å². The van der Waals surface area contributed by atoms with E-state index in [2.05, 4.69) is 43.2 Å². The predicted molar refractivity (Wildman–Crippen MR) is 120 cm³/mol. The summed E-state index contributed by atoms with van der Waals surface area (Å²) in [4.78, 5) is 14.3. The highest BCUT2D eigenvalue weighted by molar-refractivity contribution is 7.16. The number of H-pyrrole nitrogens is 1. The van der Waals surface area contributed by atoms with Crippen molar-refractivity contribution in [2.75, 3.05) is 13.2 Å². The minimum Gasteiger partial charge on any atom is -0.494 e. The van der Waals surface area contributed by atoms with Gasteiger partial charge in [0, 0.05) is 17.6 Å². The summed E-state index contributed by atoms with van der Waals surface area (Å²) in [5, 5.41) is 14.2. The number of aromatic amines is 1. The third-order valence-electron chi connectivity index (χ3n) is 4.95. The lowest BCUT2D eigenvalue weighted by Crippen LogP contribution is -2.43. The van der Waals surface area contributed by atoms with Gasteiger partial charge in [-0.25, -0.2) is 0 Å². The molecular formula is C23H30N2O3S. The normalized spacial score (nSPS) is 13.0. The molecule has 3 aromatic rings. The zero-order chi connectivity index (χ0) is 20.9. The largest absolute Gasteiger partial charge is 0.494 e.